The first-order chi connectivity index (χ1) is 10.4. The van der Waals surface area contributed by atoms with Crippen LogP contribution >= 0.6 is 0 Å². The highest BCUT2D eigenvalue weighted by atomic mass is 32.2. The van der Waals surface area contributed by atoms with Gasteiger partial charge >= 0.3 is 0 Å². The fourth-order valence-electron chi connectivity index (χ4n) is 2.19. The number of likely N-dealkylation sites (N-methyl/N-ethyl adjacent to an activating group) is 1. The maximum atomic E-state index is 12.2. The average molecular weight is 328 g/mol. The summed E-state index contributed by atoms with van der Waals surface area (Å²) in [7, 11) is -1.97. The van der Waals surface area contributed by atoms with E-state index in [2.05, 4.69) is 10.2 Å². The Balaban J connectivity index is 1.91. The van der Waals surface area contributed by atoms with Crippen molar-refractivity contribution >= 4 is 15.9 Å². The summed E-state index contributed by atoms with van der Waals surface area (Å²) < 4.78 is 29.5. The van der Waals surface area contributed by atoms with Gasteiger partial charge in [0, 0.05) is 25.9 Å². The lowest BCUT2D eigenvalue weighted by Crippen LogP contribution is -2.48. The molecule has 0 bridgehead atoms. The maximum Gasteiger partial charge on any atom is 0.238 e. The Morgan fingerprint density at radius 3 is 2.95 bits per heavy atom. The summed E-state index contributed by atoms with van der Waals surface area (Å²) >= 11 is 0. The molecule has 0 aromatic carbocycles. The van der Waals surface area contributed by atoms with E-state index in [4.69, 9.17) is 4.74 Å². The Morgan fingerprint density at radius 2 is 2.32 bits per heavy atom. The van der Waals surface area contributed by atoms with E-state index in [0.29, 0.717) is 19.0 Å². The first-order valence-electron chi connectivity index (χ1n) is 6.99. The molecule has 1 saturated heterocycles. The van der Waals surface area contributed by atoms with Gasteiger partial charge < -0.3 is 9.64 Å². The predicted molar refractivity (Wildman–Crippen MR) is 79.7 cm³/mol. The van der Waals surface area contributed by atoms with Gasteiger partial charge in [0.2, 0.25) is 21.8 Å². The summed E-state index contributed by atoms with van der Waals surface area (Å²) in [6.45, 7) is 0.875. The molecular formula is C13H20N4O4S. The number of aromatic nitrogens is 2. The number of amides is 1. The molecule has 0 N–H and O–H groups in total. The average Bonchev–Trinajstić information content (AvgIpc) is 2.47. The highest BCUT2D eigenvalue weighted by molar-refractivity contribution is 7.88. The molecule has 1 aromatic heterocycles. The second-order valence-corrected chi connectivity index (χ2v) is 7.39. The van der Waals surface area contributed by atoms with Crippen molar-refractivity contribution in [1.29, 1.82) is 0 Å². The molecule has 0 radical (unpaired) electrons. The summed E-state index contributed by atoms with van der Waals surface area (Å²) in [6.07, 6.45) is 4.11. The van der Waals surface area contributed by atoms with Crippen molar-refractivity contribution in [3.8, 4) is 5.88 Å². The molecule has 1 aliphatic heterocycles. The van der Waals surface area contributed by atoms with Crippen LogP contribution in [0.3, 0.4) is 0 Å². The number of piperidine rings is 1. The number of carbonyl (C=O) groups excluding carboxylic acids is 1. The molecule has 2 heterocycles. The lowest BCUT2D eigenvalue weighted by atomic mass is 10.1. The normalized spacial score (nSPS) is 19.2. The zero-order valence-corrected chi connectivity index (χ0v) is 13.5. The molecular weight excluding hydrogens is 308 g/mol. The van der Waals surface area contributed by atoms with Crippen LogP contribution in [0, 0.1) is 0 Å². The van der Waals surface area contributed by atoms with Gasteiger partial charge in [-0.3, -0.25) is 4.79 Å². The highest BCUT2D eigenvalue weighted by Gasteiger charge is 2.27. The van der Waals surface area contributed by atoms with Gasteiger partial charge in [-0.1, -0.05) is 0 Å². The summed E-state index contributed by atoms with van der Waals surface area (Å²) in [5.41, 5.74) is 0. The first kappa shape index (κ1) is 16.6. The van der Waals surface area contributed by atoms with Crippen LogP contribution in [-0.4, -0.2) is 72.8 Å². The summed E-state index contributed by atoms with van der Waals surface area (Å²) in [5.74, 6) is 0.204. The predicted octanol–water partition coefficient (Wildman–Crippen LogP) is -0.262. The number of sulfonamides is 1. The number of ether oxygens (including phenoxy) is 1. The Morgan fingerprint density at radius 1 is 1.55 bits per heavy atom. The molecule has 0 unspecified atom stereocenters. The van der Waals surface area contributed by atoms with E-state index < -0.39 is 10.0 Å². The lowest BCUT2D eigenvalue weighted by molar-refractivity contribution is -0.133. The molecule has 0 saturated carbocycles. The molecule has 2 rings (SSSR count). The minimum Gasteiger partial charge on any atom is -0.471 e. The smallest absolute Gasteiger partial charge is 0.238 e. The molecule has 1 atom stereocenters. The van der Waals surface area contributed by atoms with Crippen molar-refractivity contribution < 1.29 is 17.9 Å². The van der Waals surface area contributed by atoms with Gasteiger partial charge in [-0.15, -0.1) is 5.10 Å². The summed E-state index contributed by atoms with van der Waals surface area (Å²) in [6, 6.07) is 3.44. The second kappa shape index (κ2) is 7.01. The number of rotatable bonds is 5. The van der Waals surface area contributed by atoms with E-state index in [9.17, 15) is 13.2 Å². The topological polar surface area (TPSA) is 92.7 Å². The number of hydrogen-bond acceptors (Lipinski definition) is 6. The molecule has 1 aliphatic rings. The van der Waals surface area contributed by atoms with E-state index in [1.807, 2.05) is 0 Å². The van der Waals surface area contributed by atoms with Gasteiger partial charge in [0.1, 0.15) is 6.10 Å². The molecule has 0 aliphatic carbocycles. The Labute approximate surface area is 130 Å². The third kappa shape index (κ3) is 4.63. The number of carbonyl (C=O) groups is 1. The number of hydrogen-bond donors (Lipinski definition) is 0. The first-order valence-corrected chi connectivity index (χ1v) is 8.84. The van der Waals surface area contributed by atoms with Crippen molar-refractivity contribution in [3.63, 3.8) is 0 Å². The van der Waals surface area contributed by atoms with E-state index in [1.54, 1.807) is 23.2 Å². The SMILES string of the molecule is CN(CC(=O)N1CCC[C@H](Oc2cccnn2)C1)S(C)(=O)=O. The van der Waals surface area contributed by atoms with Crippen molar-refractivity contribution in [3.05, 3.63) is 18.3 Å². The highest BCUT2D eigenvalue weighted by Crippen LogP contribution is 2.16. The summed E-state index contributed by atoms with van der Waals surface area (Å²) in [4.78, 5) is 13.8. The molecule has 22 heavy (non-hydrogen) atoms. The van der Waals surface area contributed by atoms with Gasteiger partial charge in [0.15, 0.2) is 0 Å². The van der Waals surface area contributed by atoms with Gasteiger partial charge in [0.25, 0.3) is 0 Å². The van der Waals surface area contributed by atoms with Gasteiger partial charge in [0.05, 0.1) is 19.3 Å². The van der Waals surface area contributed by atoms with Crippen LogP contribution in [0.1, 0.15) is 12.8 Å². The van der Waals surface area contributed by atoms with Gasteiger partial charge in [-0.25, -0.2) is 8.42 Å². The fraction of sp³-hybridized carbons (Fsp3) is 0.615. The number of likely N-dealkylation sites (tertiary alicyclic amines) is 1. The van der Waals surface area contributed by atoms with Crippen molar-refractivity contribution in [2.24, 2.45) is 0 Å². The Bertz CT molecular complexity index is 608. The van der Waals surface area contributed by atoms with Gasteiger partial charge in [-0.05, 0) is 18.9 Å². The minimum atomic E-state index is -3.36. The maximum absolute atomic E-state index is 12.2. The minimum absolute atomic E-state index is 0.155. The van der Waals surface area contributed by atoms with Gasteiger partial charge in [-0.2, -0.15) is 9.40 Å². The number of nitrogens with zero attached hydrogens (tertiary/aromatic N) is 4. The van der Waals surface area contributed by atoms with Crippen LogP contribution in [0.5, 0.6) is 5.88 Å². The zero-order chi connectivity index (χ0) is 16.2. The van der Waals surface area contributed by atoms with Crippen LogP contribution in [0.4, 0.5) is 0 Å². The molecule has 1 amide bonds. The van der Waals surface area contributed by atoms with E-state index in [1.165, 1.54) is 7.05 Å². The fourth-order valence-corrected chi connectivity index (χ4v) is 2.53. The van der Waals surface area contributed by atoms with Crippen molar-refractivity contribution in [2.75, 3.05) is 32.9 Å². The monoisotopic (exact) mass is 328 g/mol. The largest absolute Gasteiger partial charge is 0.471 e. The van der Waals surface area contributed by atoms with Crippen molar-refractivity contribution in [2.45, 2.75) is 18.9 Å². The van der Waals surface area contributed by atoms with Crippen LogP contribution < -0.4 is 4.74 Å². The van der Waals surface area contributed by atoms with Crippen LogP contribution in [0.25, 0.3) is 0 Å². The molecule has 1 fully saturated rings. The zero-order valence-electron chi connectivity index (χ0n) is 12.7. The van der Waals surface area contributed by atoms with Crippen LogP contribution in [0.2, 0.25) is 0 Å². The van der Waals surface area contributed by atoms with Crippen molar-refractivity contribution in [1.82, 2.24) is 19.4 Å². The standard InChI is InChI=1S/C13H20N4O4S/c1-16(22(2,19)20)10-13(18)17-8-4-5-11(9-17)21-12-6-3-7-14-15-12/h3,6-7,11H,4-5,8-10H2,1-2H3/t11-/m0/s1. The molecule has 9 heteroatoms. The van der Waals surface area contributed by atoms with Crippen LogP contribution in [0.15, 0.2) is 18.3 Å². The lowest BCUT2D eigenvalue weighted by Gasteiger charge is -2.33. The Hall–Kier alpha value is -1.74. The summed E-state index contributed by atoms with van der Waals surface area (Å²) in [5, 5.41) is 7.60. The van der Waals surface area contributed by atoms with E-state index >= 15 is 0 Å². The quantitative estimate of drug-likeness (QED) is 0.739. The third-order valence-electron chi connectivity index (χ3n) is 3.49. The Kier molecular flexibility index (Phi) is 5.30. The van der Waals surface area contributed by atoms with E-state index in [-0.39, 0.29) is 18.6 Å². The third-order valence-corrected chi connectivity index (χ3v) is 4.75. The molecule has 1 aromatic rings. The van der Waals surface area contributed by atoms with Crippen LogP contribution in [-0.2, 0) is 14.8 Å². The molecule has 8 nitrogen and oxygen atoms in total. The molecule has 0 spiro atoms. The second-order valence-electron chi connectivity index (χ2n) is 5.30. The molecule has 122 valence electrons. The van der Waals surface area contributed by atoms with E-state index in [0.717, 1.165) is 23.4 Å².